The summed E-state index contributed by atoms with van der Waals surface area (Å²) in [6.45, 7) is 1.89. The Morgan fingerprint density at radius 1 is 1.62 bits per heavy atom. The highest BCUT2D eigenvalue weighted by Crippen LogP contribution is 2.22. The van der Waals surface area contributed by atoms with Gasteiger partial charge in [0.2, 0.25) is 0 Å². The van der Waals surface area contributed by atoms with Gasteiger partial charge in [0.05, 0.1) is 12.4 Å². The zero-order valence-corrected chi connectivity index (χ0v) is 9.62. The van der Waals surface area contributed by atoms with E-state index in [-0.39, 0.29) is 0 Å². The van der Waals surface area contributed by atoms with E-state index in [2.05, 4.69) is 37.7 Å². The Morgan fingerprint density at radius 2 is 2.54 bits per heavy atom. The van der Waals surface area contributed by atoms with E-state index in [0.29, 0.717) is 0 Å². The summed E-state index contributed by atoms with van der Waals surface area (Å²) in [4.78, 5) is 5.70. The Morgan fingerprint density at radius 3 is 3.15 bits per heavy atom. The summed E-state index contributed by atoms with van der Waals surface area (Å²) in [6, 6.07) is 2.08. The third kappa shape index (κ3) is 2.31. The van der Waals surface area contributed by atoms with Crippen LogP contribution in [0.2, 0.25) is 0 Å². The van der Waals surface area contributed by atoms with E-state index in [4.69, 9.17) is 0 Å². The van der Waals surface area contributed by atoms with Gasteiger partial charge in [-0.15, -0.1) is 11.3 Å². The number of hydrogen-bond acceptors (Lipinski definition) is 3. The molecule has 0 aliphatic carbocycles. The minimum Gasteiger partial charge on any atom is -0.369 e. The number of hydrogen-bond donors (Lipinski definition) is 1. The van der Waals surface area contributed by atoms with E-state index in [0.717, 1.165) is 19.5 Å². The molecule has 0 unspecified atom stereocenters. The molecule has 2 rings (SSSR count). The average Bonchev–Trinajstić information content (AvgIpc) is 2.72. The molecule has 0 amide bonds. The first-order valence-corrected chi connectivity index (χ1v) is 6.02. The van der Waals surface area contributed by atoms with Crippen LogP contribution < -0.4 is 5.32 Å². The minimum atomic E-state index is 0.900. The maximum absolute atomic E-state index is 4.36. The highest BCUT2D eigenvalue weighted by atomic mass is 79.9. The van der Waals surface area contributed by atoms with Crippen LogP contribution in [0.1, 0.15) is 17.7 Å². The van der Waals surface area contributed by atoms with Crippen LogP contribution in [-0.2, 0) is 6.54 Å². The van der Waals surface area contributed by atoms with Gasteiger partial charge in [0.1, 0.15) is 0 Å². The number of thiophene rings is 1. The van der Waals surface area contributed by atoms with Gasteiger partial charge in [-0.25, -0.2) is 0 Å². The average molecular weight is 259 g/mol. The summed E-state index contributed by atoms with van der Waals surface area (Å²) in [5.41, 5.74) is 0. The second kappa shape index (κ2) is 4.24. The molecule has 0 fully saturated rings. The van der Waals surface area contributed by atoms with E-state index >= 15 is 0 Å². The van der Waals surface area contributed by atoms with Crippen LogP contribution in [-0.4, -0.2) is 12.4 Å². The van der Waals surface area contributed by atoms with Crippen molar-refractivity contribution in [2.24, 2.45) is 4.99 Å². The zero-order valence-electron chi connectivity index (χ0n) is 7.22. The molecule has 1 aromatic heterocycles. The molecule has 0 saturated carbocycles. The van der Waals surface area contributed by atoms with Gasteiger partial charge in [-0.2, -0.15) is 0 Å². The van der Waals surface area contributed by atoms with E-state index < -0.39 is 0 Å². The molecule has 70 valence electrons. The van der Waals surface area contributed by atoms with Crippen molar-refractivity contribution in [3.05, 3.63) is 20.8 Å². The number of rotatable bonds is 2. The van der Waals surface area contributed by atoms with Gasteiger partial charge in [-0.05, 0) is 33.8 Å². The molecule has 0 radical (unpaired) electrons. The molecule has 0 bridgehead atoms. The molecule has 1 aliphatic heterocycles. The first-order chi connectivity index (χ1) is 6.36. The summed E-state index contributed by atoms with van der Waals surface area (Å²) in [7, 11) is 0. The van der Waals surface area contributed by atoms with E-state index in [1.807, 2.05) is 0 Å². The van der Waals surface area contributed by atoms with Crippen LogP contribution in [0.5, 0.6) is 0 Å². The molecular weight excluding hydrogens is 248 g/mol. The Kier molecular flexibility index (Phi) is 3.01. The van der Waals surface area contributed by atoms with Crippen LogP contribution >= 0.6 is 27.3 Å². The topological polar surface area (TPSA) is 24.4 Å². The normalized spacial score (nSPS) is 15.9. The third-order valence-corrected chi connectivity index (χ3v) is 3.94. The highest BCUT2D eigenvalue weighted by molar-refractivity contribution is 9.10. The van der Waals surface area contributed by atoms with Crippen LogP contribution in [0.25, 0.3) is 0 Å². The molecule has 0 saturated heterocycles. The molecule has 0 spiro atoms. The lowest BCUT2D eigenvalue weighted by molar-refractivity contribution is 0.899. The van der Waals surface area contributed by atoms with Gasteiger partial charge in [-0.1, -0.05) is 0 Å². The molecule has 1 N–H and O–H groups in total. The van der Waals surface area contributed by atoms with Gasteiger partial charge in [0.15, 0.2) is 0 Å². The van der Waals surface area contributed by atoms with Crippen molar-refractivity contribution in [2.75, 3.05) is 6.54 Å². The Bertz CT molecular complexity index is 319. The van der Waals surface area contributed by atoms with Crippen LogP contribution in [0, 0.1) is 0 Å². The fourth-order valence-electron chi connectivity index (χ4n) is 1.32. The molecule has 0 aromatic carbocycles. The van der Waals surface area contributed by atoms with Crippen molar-refractivity contribution >= 4 is 33.1 Å². The first-order valence-electron chi connectivity index (χ1n) is 4.35. The first kappa shape index (κ1) is 9.21. The second-order valence-corrected chi connectivity index (χ2v) is 4.83. The Balaban J connectivity index is 1.89. The van der Waals surface area contributed by atoms with Gasteiger partial charge in [-0.3, -0.25) is 4.99 Å². The van der Waals surface area contributed by atoms with E-state index in [9.17, 15) is 0 Å². The summed E-state index contributed by atoms with van der Waals surface area (Å²) in [6.07, 6.45) is 2.32. The molecule has 0 atom stereocenters. The summed E-state index contributed by atoms with van der Waals surface area (Å²) in [5, 5.41) is 5.45. The van der Waals surface area contributed by atoms with Crippen LogP contribution in [0.4, 0.5) is 0 Å². The maximum atomic E-state index is 4.36. The second-order valence-electron chi connectivity index (χ2n) is 2.98. The number of nitrogens with one attached hydrogen (secondary N) is 1. The van der Waals surface area contributed by atoms with Crippen molar-refractivity contribution in [3.8, 4) is 0 Å². The van der Waals surface area contributed by atoms with Gasteiger partial charge in [0, 0.05) is 22.3 Å². The lowest BCUT2D eigenvalue weighted by Gasteiger charge is -2.03. The van der Waals surface area contributed by atoms with E-state index in [1.54, 1.807) is 11.3 Å². The molecular formula is C9H11BrN2S. The Hall–Kier alpha value is -0.350. The van der Waals surface area contributed by atoms with Gasteiger partial charge in [0.25, 0.3) is 0 Å². The molecule has 4 heteroatoms. The molecule has 2 nitrogen and oxygen atoms in total. The standard InChI is InChI=1S/C9H11BrN2S/c10-7-3-5-13-8(7)6-12-9-2-1-4-11-9/h3,5H,1-2,4,6H2,(H,11,12). The van der Waals surface area contributed by atoms with Crippen molar-refractivity contribution in [2.45, 2.75) is 19.4 Å². The fraction of sp³-hybridized carbons (Fsp3) is 0.444. The van der Waals surface area contributed by atoms with Crippen molar-refractivity contribution in [3.63, 3.8) is 0 Å². The lowest BCUT2D eigenvalue weighted by atomic mass is 10.3. The van der Waals surface area contributed by atoms with Gasteiger partial charge < -0.3 is 5.32 Å². The molecule has 2 heterocycles. The van der Waals surface area contributed by atoms with Crippen LogP contribution in [0.3, 0.4) is 0 Å². The molecule has 1 aromatic rings. The molecule has 1 aliphatic rings. The van der Waals surface area contributed by atoms with Crippen molar-refractivity contribution in [1.29, 1.82) is 0 Å². The zero-order chi connectivity index (χ0) is 9.10. The van der Waals surface area contributed by atoms with Crippen molar-refractivity contribution < 1.29 is 0 Å². The monoisotopic (exact) mass is 258 g/mol. The maximum Gasteiger partial charge on any atom is 0.0966 e. The quantitative estimate of drug-likeness (QED) is 0.867. The van der Waals surface area contributed by atoms with Crippen LogP contribution in [0.15, 0.2) is 20.9 Å². The number of halogens is 1. The largest absolute Gasteiger partial charge is 0.369 e. The fourth-order valence-corrected chi connectivity index (χ4v) is 2.75. The number of nitrogens with zero attached hydrogens (tertiary/aromatic N) is 1. The summed E-state index contributed by atoms with van der Waals surface area (Å²) >= 11 is 5.27. The predicted octanol–water partition coefficient (Wildman–Crippen LogP) is 2.79. The number of amidine groups is 1. The summed E-state index contributed by atoms with van der Waals surface area (Å²) in [5.74, 6) is 1.17. The smallest absolute Gasteiger partial charge is 0.0966 e. The summed E-state index contributed by atoms with van der Waals surface area (Å²) < 4.78 is 1.20. The number of aliphatic imine (C=N–C) groups is 1. The Labute approximate surface area is 90.2 Å². The lowest BCUT2D eigenvalue weighted by Crippen LogP contribution is -2.20. The highest BCUT2D eigenvalue weighted by Gasteiger charge is 2.06. The minimum absolute atomic E-state index is 0.900. The SMILES string of the molecule is Brc1ccsc1CNC1=NCCC1. The predicted molar refractivity (Wildman–Crippen MR) is 60.4 cm³/mol. The van der Waals surface area contributed by atoms with E-state index in [1.165, 1.54) is 21.6 Å². The molecule has 13 heavy (non-hydrogen) atoms. The van der Waals surface area contributed by atoms with Crippen molar-refractivity contribution in [1.82, 2.24) is 5.32 Å². The third-order valence-electron chi connectivity index (χ3n) is 2.02. The van der Waals surface area contributed by atoms with Gasteiger partial charge >= 0.3 is 0 Å².